The molecular formula is C13H19N4O4+. The molecule has 1 aliphatic carbocycles. The number of ether oxygens (including phenoxy) is 1. The molecule has 0 saturated carbocycles. The average molecular weight is 295 g/mol. The van der Waals surface area contributed by atoms with Crippen molar-refractivity contribution in [1.29, 1.82) is 0 Å². The second-order valence-electron chi connectivity index (χ2n) is 6.17. The summed E-state index contributed by atoms with van der Waals surface area (Å²) in [7, 11) is 0. The molecule has 1 aromatic heterocycles. The van der Waals surface area contributed by atoms with E-state index in [-0.39, 0.29) is 0 Å². The monoisotopic (exact) mass is 295 g/mol. The van der Waals surface area contributed by atoms with Crippen molar-refractivity contribution in [2.45, 2.75) is 37.5 Å². The Morgan fingerprint density at radius 1 is 1.24 bits per heavy atom. The van der Waals surface area contributed by atoms with Crippen molar-refractivity contribution in [3.8, 4) is 0 Å². The van der Waals surface area contributed by atoms with Crippen molar-refractivity contribution in [1.82, 2.24) is 15.2 Å². The molecule has 2 N–H and O–H groups in total. The lowest BCUT2D eigenvalue weighted by Gasteiger charge is -2.35. The molecule has 114 valence electrons. The normalized spacial score (nSPS) is 36.7. The van der Waals surface area contributed by atoms with Gasteiger partial charge in [0, 0.05) is 32.9 Å². The maximum atomic E-state index is 11.1. The van der Waals surface area contributed by atoms with Gasteiger partial charge in [0.1, 0.15) is 5.69 Å². The minimum absolute atomic E-state index is 0.340. The van der Waals surface area contributed by atoms with Crippen molar-refractivity contribution >= 4 is 5.71 Å². The molecule has 0 bridgehead atoms. The lowest BCUT2D eigenvalue weighted by atomic mass is 9.81. The van der Waals surface area contributed by atoms with Gasteiger partial charge in [-0.05, 0) is 4.74 Å². The molecule has 2 atom stereocenters. The van der Waals surface area contributed by atoms with E-state index in [2.05, 4.69) is 15.2 Å². The average Bonchev–Trinajstić information content (AvgIpc) is 3.04. The van der Waals surface area contributed by atoms with Gasteiger partial charge in [0.2, 0.25) is 11.3 Å². The number of aliphatic hydroxyl groups is 1. The zero-order chi connectivity index (χ0) is 14.7. The molecule has 3 aliphatic rings. The van der Waals surface area contributed by atoms with E-state index in [4.69, 9.17) is 9.37 Å². The molecule has 0 aromatic carbocycles. The maximum absolute atomic E-state index is 11.1. The van der Waals surface area contributed by atoms with Crippen LogP contribution in [0.3, 0.4) is 0 Å². The number of hydrogen-bond donors (Lipinski definition) is 2. The summed E-state index contributed by atoms with van der Waals surface area (Å²) in [4.78, 5) is 2.15. The lowest BCUT2D eigenvalue weighted by Crippen LogP contribution is -2.56. The van der Waals surface area contributed by atoms with Crippen LogP contribution in [-0.2, 0) is 16.8 Å². The fourth-order valence-electron chi connectivity index (χ4n) is 3.87. The Morgan fingerprint density at radius 3 is 2.76 bits per heavy atom. The molecule has 2 unspecified atom stereocenters. The molecule has 1 saturated heterocycles. The van der Waals surface area contributed by atoms with Crippen LogP contribution < -0.4 is 0 Å². The largest absolute Gasteiger partial charge is 0.379 e. The van der Waals surface area contributed by atoms with E-state index in [9.17, 15) is 10.3 Å². The summed E-state index contributed by atoms with van der Waals surface area (Å²) in [6.45, 7) is 4.65. The van der Waals surface area contributed by atoms with Crippen molar-refractivity contribution in [3.63, 3.8) is 0 Å². The van der Waals surface area contributed by atoms with Crippen molar-refractivity contribution in [2.24, 2.45) is 0 Å². The molecule has 8 heteroatoms. The highest BCUT2D eigenvalue weighted by Crippen LogP contribution is 2.44. The van der Waals surface area contributed by atoms with Crippen LogP contribution >= 0.6 is 0 Å². The van der Waals surface area contributed by atoms with Gasteiger partial charge >= 0.3 is 0 Å². The van der Waals surface area contributed by atoms with Crippen LogP contribution in [0.2, 0.25) is 0 Å². The molecule has 21 heavy (non-hydrogen) atoms. The van der Waals surface area contributed by atoms with Crippen LogP contribution in [0.1, 0.15) is 31.2 Å². The Hall–Kier alpha value is -1.51. The molecule has 8 nitrogen and oxygen atoms in total. The second kappa shape index (κ2) is 4.25. The number of fused-ring (bicyclic) bond motifs is 3. The highest BCUT2D eigenvalue weighted by molar-refractivity contribution is 5.91. The zero-order valence-electron chi connectivity index (χ0n) is 11.9. The van der Waals surface area contributed by atoms with Gasteiger partial charge in [-0.1, -0.05) is 10.3 Å². The number of nitrogens with zero attached hydrogens (tertiary/aromatic N) is 4. The van der Waals surface area contributed by atoms with E-state index in [0.717, 1.165) is 13.1 Å². The number of aryl methyl sites for hydroxylation is 1. The van der Waals surface area contributed by atoms with E-state index in [0.29, 0.717) is 49.6 Å². The molecule has 1 aromatic rings. The highest BCUT2D eigenvalue weighted by atomic mass is 16.6. The number of rotatable bonds is 1. The summed E-state index contributed by atoms with van der Waals surface area (Å²) in [5.74, 6) is 0. The Morgan fingerprint density at radius 2 is 2.00 bits per heavy atom. The number of hydrogen-bond acceptors (Lipinski definition) is 7. The summed E-state index contributed by atoms with van der Waals surface area (Å²) in [5, 5.41) is 29.6. The van der Waals surface area contributed by atoms with E-state index in [1.807, 2.05) is 6.92 Å². The van der Waals surface area contributed by atoms with E-state index < -0.39 is 11.3 Å². The Balaban J connectivity index is 1.77. The van der Waals surface area contributed by atoms with Crippen LogP contribution in [0.5, 0.6) is 0 Å². The van der Waals surface area contributed by atoms with Gasteiger partial charge in [0.15, 0.2) is 5.69 Å². The van der Waals surface area contributed by atoms with Crippen LogP contribution in [0, 0.1) is 0 Å². The van der Waals surface area contributed by atoms with E-state index >= 15 is 0 Å². The fraction of sp³-hybridized carbons (Fsp3) is 0.769. The lowest BCUT2D eigenvalue weighted by molar-refractivity contribution is -0.835. The van der Waals surface area contributed by atoms with Crippen LogP contribution in [-0.4, -0.2) is 67.9 Å². The van der Waals surface area contributed by atoms with Gasteiger partial charge in [-0.2, -0.15) is 0 Å². The van der Waals surface area contributed by atoms with Gasteiger partial charge in [0.25, 0.3) is 5.66 Å². The molecule has 3 heterocycles. The maximum Gasteiger partial charge on any atom is 0.268 e. The summed E-state index contributed by atoms with van der Waals surface area (Å²) >= 11 is 0. The van der Waals surface area contributed by atoms with Gasteiger partial charge in [0.05, 0.1) is 19.6 Å². The van der Waals surface area contributed by atoms with Gasteiger partial charge in [-0.25, -0.2) is 9.53 Å². The third-order valence-corrected chi connectivity index (χ3v) is 5.02. The van der Waals surface area contributed by atoms with E-state index in [1.165, 1.54) is 4.74 Å². The first-order chi connectivity index (χ1) is 10.1. The summed E-state index contributed by atoms with van der Waals surface area (Å²) in [6.07, 6.45) is 1.51. The third kappa shape index (κ3) is 1.63. The molecule has 0 radical (unpaired) electrons. The molecule has 1 fully saturated rings. The third-order valence-electron chi connectivity index (χ3n) is 5.02. The summed E-state index contributed by atoms with van der Waals surface area (Å²) in [6, 6.07) is 0. The van der Waals surface area contributed by atoms with Crippen molar-refractivity contribution in [3.05, 3.63) is 11.4 Å². The summed E-state index contributed by atoms with van der Waals surface area (Å²) in [5.41, 5.74) is -0.260. The minimum atomic E-state index is -1.30. The van der Waals surface area contributed by atoms with Gasteiger partial charge < -0.3 is 9.84 Å². The predicted octanol–water partition coefficient (Wildman–Crippen LogP) is -0.502. The fourth-order valence-corrected chi connectivity index (χ4v) is 3.87. The minimum Gasteiger partial charge on any atom is -0.379 e. The molecule has 2 aliphatic heterocycles. The van der Waals surface area contributed by atoms with Crippen LogP contribution in [0.4, 0.5) is 0 Å². The van der Waals surface area contributed by atoms with Gasteiger partial charge in [-0.15, -0.1) is 0 Å². The Labute approximate surface area is 121 Å². The van der Waals surface area contributed by atoms with Crippen molar-refractivity contribution < 1.29 is 24.4 Å². The molecular weight excluding hydrogens is 276 g/mol. The SMILES string of the molecule is CC1(N2CCOCC2)CC2(O)C(=[N+]1O)CCc1nonc12. The molecule has 4 rings (SSSR count). The molecule has 0 amide bonds. The smallest absolute Gasteiger partial charge is 0.268 e. The Kier molecular flexibility index (Phi) is 2.66. The number of morpholine rings is 1. The molecule has 0 spiro atoms. The summed E-state index contributed by atoms with van der Waals surface area (Å²) < 4.78 is 11.4. The zero-order valence-corrected chi connectivity index (χ0v) is 11.9. The highest BCUT2D eigenvalue weighted by Gasteiger charge is 2.66. The van der Waals surface area contributed by atoms with Gasteiger partial charge in [-0.3, -0.25) is 5.21 Å². The quantitative estimate of drug-likeness (QED) is 0.532. The standard InChI is InChI=1S/C13H19N4O4/c1-12(16-4-6-20-7-5-16)8-13(18)10(17(12)19)3-2-9-11(13)15-21-14-9/h18-19H,2-8H2,1H3/q+1. The number of aromatic nitrogens is 2. The topological polar surface area (TPSA) is 94.9 Å². The first-order valence-electron chi connectivity index (χ1n) is 7.28. The number of hydroxylamine groups is 1. The second-order valence-corrected chi connectivity index (χ2v) is 6.17. The van der Waals surface area contributed by atoms with Crippen LogP contribution in [0.25, 0.3) is 0 Å². The van der Waals surface area contributed by atoms with E-state index in [1.54, 1.807) is 0 Å². The first-order valence-corrected chi connectivity index (χ1v) is 7.28. The Bertz CT molecular complexity index is 609. The predicted molar refractivity (Wildman–Crippen MR) is 69.0 cm³/mol. The van der Waals surface area contributed by atoms with Crippen LogP contribution in [0.15, 0.2) is 4.63 Å². The first kappa shape index (κ1) is 13.2. The van der Waals surface area contributed by atoms with Crippen molar-refractivity contribution in [2.75, 3.05) is 26.3 Å².